The average molecular weight is 184 g/mol. The summed E-state index contributed by atoms with van der Waals surface area (Å²) in [4.78, 5) is 0. The lowest BCUT2D eigenvalue weighted by Gasteiger charge is -2.18. The average Bonchev–Trinajstić information content (AvgIpc) is 2.42. The van der Waals surface area contributed by atoms with Gasteiger partial charge >= 0.3 is 0 Å². The van der Waals surface area contributed by atoms with Crippen LogP contribution < -0.4 is 11.1 Å². The maximum atomic E-state index is 5.56. The van der Waals surface area contributed by atoms with Crippen LogP contribution >= 0.6 is 0 Å². The minimum atomic E-state index is 0.489. The van der Waals surface area contributed by atoms with Crippen LogP contribution in [0, 0.1) is 5.92 Å². The predicted octanol–water partition coefficient (Wildman–Crippen LogP) is 1.89. The van der Waals surface area contributed by atoms with Gasteiger partial charge in [0.2, 0.25) is 0 Å². The summed E-state index contributed by atoms with van der Waals surface area (Å²) in [5.74, 6) is 0.913. The first-order valence-electron chi connectivity index (χ1n) is 5.76. The van der Waals surface area contributed by atoms with E-state index in [1.165, 1.54) is 45.1 Å². The van der Waals surface area contributed by atoms with Crippen molar-refractivity contribution in [3.63, 3.8) is 0 Å². The highest BCUT2D eigenvalue weighted by Gasteiger charge is 2.12. The third-order valence-electron chi connectivity index (χ3n) is 3.08. The van der Waals surface area contributed by atoms with E-state index in [-0.39, 0.29) is 0 Å². The first-order chi connectivity index (χ1) is 6.33. The third kappa shape index (κ3) is 4.63. The van der Waals surface area contributed by atoms with Crippen LogP contribution in [0.15, 0.2) is 0 Å². The zero-order valence-electron chi connectivity index (χ0n) is 8.89. The van der Waals surface area contributed by atoms with Crippen molar-refractivity contribution in [2.24, 2.45) is 11.7 Å². The molecule has 3 N–H and O–H groups in total. The fourth-order valence-corrected chi connectivity index (χ4v) is 2.02. The summed E-state index contributed by atoms with van der Waals surface area (Å²) in [6, 6.07) is 0.489. The highest BCUT2D eigenvalue weighted by atomic mass is 14.9. The molecule has 2 nitrogen and oxygen atoms in total. The Labute approximate surface area is 82.3 Å². The summed E-state index contributed by atoms with van der Waals surface area (Å²) < 4.78 is 0. The largest absolute Gasteiger partial charge is 0.329 e. The lowest BCUT2D eigenvalue weighted by molar-refractivity contribution is 0.401. The quantitative estimate of drug-likeness (QED) is 0.655. The Morgan fingerprint density at radius 3 is 2.38 bits per heavy atom. The fraction of sp³-hybridized carbons (Fsp3) is 1.00. The molecule has 0 aromatic rings. The second kappa shape index (κ2) is 6.39. The molecule has 0 bridgehead atoms. The molecule has 1 aliphatic carbocycles. The van der Waals surface area contributed by atoms with Crippen LogP contribution in [0.2, 0.25) is 0 Å². The first kappa shape index (κ1) is 11.0. The molecule has 13 heavy (non-hydrogen) atoms. The second-order valence-corrected chi connectivity index (χ2v) is 4.40. The van der Waals surface area contributed by atoms with Gasteiger partial charge in [-0.3, -0.25) is 0 Å². The minimum absolute atomic E-state index is 0.489. The van der Waals surface area contributed by atoms with Crippen LogP contribution in [0.5, 0.6) is 0 Å². The predicted molar refractivity (Wildman–Crippen MR) is 57.7 cm³/mol. The maximum Gasteiger partial charge on any atom is 0.0162 e. The molecule has 0 radical (unpaired) electrons. The second-order valence-electron chi connectivity index (χ2n) is 4.40. The van der Waals surface area contributed by atoms with Crippen LogP contribution in [0.3, 0.4) is 0 Å². The van der Waals surface area contributed by atoms with Gasteiger partial charge in [-0.25, -0.2) is 0 Å². The Hall–Kier alpha value is -0.0800. The highest BCUT2D eigenvalue weighted by Crippen LogP contribution is 2.21. The molecule has 0 heterocycles. The maximum absolute atomic E-state index is 5.56. The van der Waals surface area contributed by atoms with E-state index in [2.05, 4.69) is 12.2 Å². The van der Waals surface area contributed by atoms with Crippen molar-refractivity contribution in [2.45, 2.75) is 51.5 Å². The van der Waals surface area contributed by atoms with Gasteiger partial charge in [0.25, 0.3) is 0 Å². The van der Waals surface area contributed by atoms with E-state index in [1.807, 2.05) is 0 Å². The lowest BCUT2D eigenvalue weighted by atomic mass is 10.0. The molecule has 0 aliphatic heterocycles. The summed E-state index contributed by atoms with van der Waals surface area (Å²) in [7, 11) is 0. The molecule has 1 atom stereocenters. The number of rotatable bonds is 4. The van der Waals surface area contributed by atoms with Crippen molar-refractivity contribution in [3.05, 3.63) is 0 Å². The van der Waals surface area contributed by atoms with E-state index in [0.717, 1.165) is 12.5 Å². The van der Waals surface area contributed by atoms with Gasteiger partial charge < -0.3 is 11.1 Å². The molecular weight excluding hydrogens is 160 g/mol. The summed E-state index contributed by atoms with van der Waals surface area (Å²) >= 11 is 0. The third-order valence-corrected chi connectivity index (χ3v) is 3.08. The molecule has 0 spiro atoms. The molecule has 1 rings (SSSR count). The Bertz CT molecular complexity index is 117. The van der Waals surface area contributed by atoms with Crippen LogP contribution in [0.4, 0.5) is 0 Å². The number of hydrogen-bond donors (Lipinski definition) is 2. The zero-order valence-corrected chi connectivity index (χ0v) is 8.89. The van der Waals surface area contributed by atoms with E-state index in [9.17, 15) is 0 Å². The van der Waals surface area contributed by atoms with Gasteiger partial charge in [-0.15, -0.1) is 0 Å². The van der Waals surface area contributed by atoms with Crippen molar-refractivity contribution in [2.75, 3.05) is 13.1 Å². The summed E-state index contributed by atoms with van der Waals surface area (Å²) in [6.45, 7) is 4.10. The first-order valence-corrected chi connectivity index (χ1v) is 5.76. The van der Waals surface area contributed by atoms with Crippen molar-refractivity contribution in [1.29, 1.82) is 0 Å². The molecule has 0 amide bonds. The van der Waals surface area contributed by atoms with Gasteiger partial charge in [-0.1, -0.05) is 25.7 Å². The monoisotopic (exact) mass is 184 g/mol. The number of nitrogens with one attached hydrogen (secondary N) is 1. The molecule has 1 saturated carbocycles. The standard InChI is InChI=1S/C11H24N2/c1-10(8-12)13-9-11-6-4-2-3-5-7-11/h10-11,13H,2-9,12H2,1H3/t10-/m0/s1. The molecule has 2 heteroatoms. The van der Waals surface area contributed by atoms with E-state index < -0.39 is 0 Å². The molecule has 0 aromatic carbocycles. The Morgan fingerprint density at radius 1 is 1.23 bits per heavy atom. The van der Waals surface area contributed by atoms with Gasteiger partial charge in [0, 0.05) is 12.6 Å². The summed E-state index contributed by atoms with van der Waals surface area (Å²) in [6.07, 6.45) is 8.60. The Balaban J connectivity index is 2.11. The molecule has 1 fully saturated rings. The van der Waals surface area contributed by atoms with Gasteiger partial charge in [0.15, 0.2) is 0 Å². The van der Waals surface area contributed by atoms with E-state index in [0.29, 0.717) is 6.04 Å². The minimum Gasteiger partial charge on any atom is -0.329 e. The molecule has 0 aromatic heterocycles. The lowest BCUT2D eigenvalue weighted by Crippen LogP contribution is -2.36. The topological polar surface area (TPSA) is 38.0 Å². The van der Waals surface area contributed by atoms with Crippen molar-refractivity contribution < 1.29 is 0 Å². The normalized spacial score (nSPS) is 22.6. The SMILES string of the molecule is C[C@@H](CN)NCC1CCCCCC1. The number of hydrogen-bond acceptors (Lipinski definition) is 2. The van der Waals surface area contributed by atoms with E-state index in [4.69, 9.17) is 5.73 Å². The van der Waals surface area contributed by atoms with Gasteiger partial charge in [-0.2, -0.15) is 0 Å². The van der Waals surface area contributed by atoms with Crippen LogP contribution in [-0.4, -0.2) is 19.1 Å². The van der Waals surface area contributed by atoms with Crippen molar-refractivity contribution in [3.8, 4) is 0 Å². The molecule has 0 saturated heterocycles. The molecule has 78 valence electrons. The fourth-order valence-electron chi connectivity index (χ4n) is 2.02. The van der Waals surface area contributed by atoms with E-state index in [1.54, 1.807) is 0 Å². The smallest absolute Gasteiger partial charge is 0.0162 e. The summed E-state index contributed by atoms with van der Waals surface area (Å²) in [5.41, 5.74) is 5.56. The molecular formula is C11H24N2. The number of nitrogens with two attached hydrogens (primary N) is 1. The summed E-state index contributed by atoms with van der Waals surface area (Å²) in [5, 5.41) is 3.50. The van der Waals surface area contributed by atoms with Crippen LogP contribution in [0.25, 0.3) is 0 Å². The van der Waals surface area contributed by atoms with Gasteiger partial charge in [0.05, 0.1) is 0 Å². The van der Waals surface area contributed by atoms with Gasteiger partial charge in [0.1, 0.15) is 0 Å². The highest BCUT2D eigenvalue weighted by molar-refractivity contribution is 4.69. The van der Waals surface area contributed by atoms with Crippen molar-refractivity contribution in [1.82, 2.24) is 5.32 Å². The Kier molecular flexibility index (Phi) is 5.40. The molecule has 1 aliphatic rings. The van der Waals surface area contributed by atoms with Crippen LogP contribution in [-0.2, 0) is 0 Å². The van der Waals surface area contributed by atoms with Crippen LogP contribution in [0.1, 0.15) is 45.4 Å². The zero-order chi connectivity index (χ0) is 9.52. The van der Waals surface area contributed by atoms with Crippen molar-refractivity contribution >= 4 is 0 Å². The molecule has 0 unspecified atom stereocenters. The van der Waals surface area contributed by atoms with Gasteiger partial charge in [-0.05, 0) is 32.2 Å². The van der Waals surface area contributed by atoms with E-state index >= 15 is 0 Å². The Morgan fingerprint density at radius 2 is 1.85 bits per heavy atom.